The Labute approximate surface area is 207 Å². The Bertz CT molecular complexity index is 1490. The Hall–Kier alpha value is -4.27. The predicted octanol–water partition coefficient (Wildman–Crippen LogP) is 3.85. The van der Waals surface area contributed by atoms with E-state index in [1.54, 1.807) is 53.7 Å². The average Bonchev–Trinajstić information content (AvgIpc) is 3.41. The topological polar surface area (TPSA) is 87.1 Å². The molecule has 8 nitrogen and oxygen atoms in total. The number of halogens is 1. The van der Waals surface area contributed by atoms with Crippen molar-refractivity contribution in [2.24, 2.45) is 0 Å². The lowest BCUT2D eigenvalue weighted by molar-refractivity contribution is 0.0710. The number of rotatable bonds is 6. The molecule has 0 saturated carbocycles. The normalized spacial score (nSPS) is 14.2. The van der Waals surface area contributed by atoms with Crippen LogP contribution in [-0.4, -0.2) is 56.5 Å². The summed E-state index contributed by atoms with van der Waals surface area (Å²) in [6, 6.07) is 10.2. The molecule has 1 amide bonds. The van der Waals surface area contributed by atoms with Crippen molar-refractivity contribution in [3.8, 4) is 11.3 Å². The van der Waals surface area contributed by atoms with E-state index in [2.05, 4.69) is 26.4 Å². The first kappa shape index (κ1) is 23.5. The van der Waals surface area contributed by atoms with Gasteiger partial charge in [-0.25, -0.2) is 14.4 Å². The smallest absolute Gasteiger partial charge is 0.275 e. The summed E-state index contributed by atoms with van der Waals surface area (Å²) in [5.74, 6) is 0.290. The molecular formula is C27H27FN6O2. The van der Waals surface area contributed by atoms with Gasteiger partial charge in [-0.3, -0.25) is 9.59 Å². The van der Waals surface area contributed by atoms with Crippen LogP contribution in [0.15, 0.2) is 72.6 Å². The molecule has 1 aliphatic rings. The molecule has 36 heavy (non-hydrogen) atoms. The number of aromatic amines is 1. The van der Waals surface area contributed by atoms with Gasteiger partial charge < -0.3 is 19.4 Å². The minimum Gasteiger partial charge on any atom is -0.357 e. The summed E-state index contributed by atoms with van der Waals surface area (Å²) in [4.78, 5) is 41.7. The molecule has 0 atom stereocenters. The maximum atomic E-state index is 14.2. The van der Waals surface area contributed by atoms with Crippen LogP contribution in [0.4, 0.5) is 10.2 Å². The van der Waals surface area contributed by atoms with Crippen LogP contribution in [0.2, 0.25) is 0 Å². The predicted molar refractivity (Wildman–Crippen MR) is 138 cm³/mol. The highest BCUT2D eigenvalue weighted by Crippen LogP contribution is 2.27. The molecular weight excluding hydrogens is 459 g/mol. The molecule has 1 aromatic carbocycles. The Morgan fingerprint density at radius 2 is 2.03 bits per heavy atom. The second-order valence-electron chi connectivity index (χ2n) is 8.93. The number of carbonyl (C=O) groups excluding carboxylic acids is 1. The van der Waals surface area contributed by atoms with Crippen LogP contribution in [0.25, 0.3) is 22.2 Å². The number of amides is 1. The molecule has 9 heteroatoms. The molecule has 1 saturated heterocycles. The Morgan fingerprint density at radius 1 is 1.25 bits per heavy atom. The van der Waals surface area contributed by atoms with Crippen molar-refractivity contribution in [3.63, 3.8) is 0 Å². The molecule has 0 aliphatic carbocycles. The van der Waals surface area contributed by atoms with Crippen molar-refractivity contribution in [1.82, 2.24) is 24.4 Å². The van der Waals surface area contributed by atoms with Crippen molar-refractivity contribution in [2.45, 2.75) is 25.4 Å². The first-order chi connectivity index (χ1) is 17.5. The van der Waals surface area contributed by atoms with Gasteiger partial charge in [0, 0.05) is 62.1 Å². The second-order valence-corrected chi connectivity index (χ2v) is 8.93. The quantitative estimate of drug-likeness (QED) is 0.419. The fourth-order valence-corrected chi connectivity index (χ4v) is 4.82. The van der Waals surface area contributed by atoms with Gasteiger partial charge in [-0.05, 0) is 31.0 Å². The minimum atomic E-state index is -0.322. The van der Waals surface area contributed by atoms with Crippen molar-refractivity contribution in [1.29, 1.82) is 0 Å². The minimum absolute atomic E-state index is 0.0374. The van der Waals surface area contributed by atoms with Crippen LogP contribution in [-0.2, 0) is 6.54 Å². The first-order valence-electron chi connectivity index (χ1n) is 11.9. The fraction of sp³-hybridized carbons (Fsp3) is 0.259. The first-order valence-corrected chi connectivity index (χ1v) is 11.9. The lowest BCUT2D eigenvalue weighted by atomic mass is 10.0. The van der Waals surface area contributed by atoms with Gasteiger partial charge >= 0.3 is 0 Å². The van der Waals surface area contributed by atoms with Gasteiger partial charge in [-0.2, -0.15) is 0 Å². The molecule has 4 aromatic rings. The van der Waals surface area contributed by atoms with Crippen LogP contribution in [0.1, 0.15) is 23.2 Å². The monoisotopic (exact) mass is 486 g/mol. The third-order valence-electron chi connectivity index (χ3n) is 6.81. The number of aromatic nitrogens is 4. The standard InChI is InChI=1S/C27H27FN6O2/c1-3-12-34-16-21(19-8-11-29-25(19)27(34)36)26(35)32(2)18-9-13-33(14-10-18)24-15-23(30-17-31-24)20-6-4-5-7-22(20)28/h3-8,11,15-18,29H,1,9-10,12-14H2,2H3. The zero-order chi connectivity index (χ0) is 25.2. The lowest BCUT2D eigenvalue weighted by Gasteiger charge is -2.37. The van der Waals surface area contributed by atoms with E-state index in [1.807, 2.05) is 7.05 Å². The Kier molecular flexibility index (Phi) is 6.37. The number of pyridine rings is 1. The number of nitrogens with zero attached hydrogens (tertiary/aromatic N) is 5. The van der Waals surface area contributed by atoms with Crippen LogP contribution >= 0.6 is 0 Å². The number of nitrogens with one attached hydrogen (secondary N) is 1. The van der Waals surface area contributed by atoms with Crippen molar-refractivity contribution < 1.29 is 9.18 Å². The number of hydrogen-bond acceptors (Lipinski definition) is 5. The SMILES string of the molecule is C=CCn1cc(C(=O)N(C)C2CCN(c3cc(-c4ccccc4F)ncn3)CC2)c2cc[nH]c2c1=O. The summed E-state index contributed by atoms with van der Waals surface area (Å²) in [6.07, 6.45) is 7.90. The summed E-state index contributed by atoms with van der Waals surface area (Å²) >= 11 is 0. The average molecular weight is 487 g/mol. The number of benzene rings is 1. The van der Waals surface area contributed by atoms with Crippen LogP contribution in [0.3, 0.4) is 0 Å². The summed E-state index contributed by atoms with van der Waals surface area (Å²) in [6.45, 7) is 5.43. The highest BCUT2D eigenvalue weighted by Gasteiger charge is 2.28. The Morgan fingerprint density at radius 3 is 2.78 bits per heavy atom. The van der Waals surface area contributed by atoms with E-state index in [4.69, 9.17) is 0 Å². The van der Waals surface area contributed by atoms with Gasteiger partial charge in [0.1, 0.15) is 23.5 Å². The molecule has 0 bridgehead atoms. The molecule has 1 fully saturated rings. The van der Waals surface area contributed by atoms with Crippen LogP contribution in [0, 0.1) is 5.82 Å². The summed E-state index contributed by atoms with van der Waals surface area (Å²) in [5, 5.41) is 0.622. The highest BCUT2D eigenvalue weighted by molar-refractivity contribution is 6.06. The molecule has 0 unspecified atom stereocenters. The van der Waals surface area contributed by atoms with Crippen LogP contribution in [0.5, 0.6) is 0 Å². The molecule has 1 N–H and O–H groups in total. The van der Waals surface area contributed by atoms with Gasteiger partial charge in [0.2, 0.25) is 0 Å². The second kappa shape index (κ2) is 9.77. The summed E-state index contributed by atoms with van der Waals surface area (Å²) < 4.78 is 15.7. The summed E-state index contributed by atoms with van der Waals surface area (Å²) in [5.41, 5.74) is 1.71. The maximum absolute atomic E-state index is 14.2. The number of allylic oxidation sites excluding steroid dienone is 1. The molecule has 3 aromatic heterocycles. The molecule has 4 heterocycles. The van der Waals surface area contributed by atoms with Crippen molar-refractivity contribution in [3.05, 3.63) is 89.5 Å². The molecule has 0 spiro atoms. The van der Waals surface area contributed by atoms with Crippen molar-refractivity contribution >= 4 is 22.6 Å². The van der Waals surface area contributed by atoms with E-state index in [9.17, 15) is 14.0 Å². The van der Waals surface area contributed by atoms with E-state index in [-0.39, 0.29) is 23.3 Å². The third kappa shape index (κ3) is 4.28. The van der Waals surface area contributed by atoms with E-state index in [0.29, 0.717) is 47.4 Å². The third-order valence-corrected chi connectivity index (χ3v) is 6.81. The van der Waals surface area contributed by atoms with Crippen LogP contribution < -0.4 is 10.5 Å². The van der Waals surface area contributed by atoms with E-state index in [0.717, 1.165) is 18.7 Å². The summed E-state index contributed by atoms with van der Waals surface area (Å²) in [7, 11) is 1.81. The van der Waals surface area contributed by atoms with Crippen molar-refractivity contribution in [2.75, 3.05) is 25.0 Å². The van der Waals surface area contributed by atoms with E-state index in [1.165, 1.54) is 17.0 Å². The highest BCUT2D eigenvalue weighted by atomic mass is 19.1. The van der Waals surface area contributed by atoms with E-state index >= 15 is 0 Å². The van der Waals surface area contributed by atoms with Gasteiger partial charge in [-0.15, -0.1) is 6.58 Å². The number of piperidine rings is 1. The fourth-order valence-electron chi connectivity index (χ4n) is 4.82. The molecule has 184 valence electrons. The van der Waals surface area contributed by atoms with Gasteiger partial charge in [-0.1, -0.05) is 18.2 Å². The van der Waals surface area contributed by atoms with Gasteiger partial charge in [0.15, 0.2) is 0 Å². The largest absolute Gasteiger partial charge is 0.357 e. The molecule has 0 radical (unpaired) electrons. The zero-order valence-corrected chi connectivity index (χ0v) is 20.0. The number of anilines is 1. The maximum Gasteiger partial charge on any atom is 0.275 e. The van der Waals surface area contributed by atoms with Gasteiger partial charge in [0.25, 0.3) is 11.5 Å². The van der Waals surface area contributed by atoms with Gasteiger partial charge in [0.05, 0.1) is 11.3 Å². The lowest BCUT2D eigenvalue weighted by Crippen LogP contribution is -2.46. The number of H-pyrrole nitrogens is 1. The Balaban J connectivity index is 1.32. The molecule has 1 aliphatic heterocycles. The van der Waals surface area contributed by atoms with E-state index < -0.39 is 0 Å². The number of carbonyl (C=O) groups is 1. The number of fused-ring (bicyclic) bond motifs is 1. The molecule has 5 rings (SSSR count). The zero-order valence-electron chi connectivity index (χ0n) is 20.0. The number of hydrogen-bond donors (Lipinski definition) is 1.